The van der Waals surface area contributed by atoms with Crippen LogP contribution in [0, 0.1) is 11.8 Å². The Labute approximate surface area is 195 Å². The van der Waals surface area contributed by atoms with Gasteiger partial charge in [-0.3, -0.25) is 4.79 Å². The first-order valence-electron chi connectivity index (χ1n) is 11.5. The van der Waals surface area contributed by atoms with Crippen LogP contribution >= 0.6 is 0 Å². The monoisotopic (exact) mass is 474 g/mol. The molecule has 0 aromatic heterocycles. The Hall–Kier alpha value is -1.45. The van der Waals surface area contributed by atoms with Crippen molar-refractivity contribution in [3.8, 4) is 0 Å². The van der Waals surface area contributed by atoms with Crippen LogP contribution < -0.4 is 10.6 Å². The topological polar surface area (TPSA) is 103 Å². The lowest BCUT2D eigenvalue weighted by molar-refractivity contribution is -0.159. The van der Waals surface area contributed by atoms with Gasteiger partial charge in [-0.15, -0.1) is 0 Å². The molecule has 3 atom stereocenters. The Kier molecular flexibility index (Phi) is 13.3. The summed E-state index contributed by atoms with van der Waals surface area (Å²) >= 11 is 0. The SMILES string of the molecule is CN[C@@H](CC(C)C)C(=O)C[C@H](C)[C@H](NC(=O)OC(C)(C)C)C(=O)OCOCC[Si](C)(C)C. The lowest BCUT2D eigenvalue weighted by Gasteiger charge is -2.27. The van der Waals surface area contributed by atoms with E-state index in [0.29, 0.717) is 18.9 Å². The highest BCUT2D eigenvalue weighted by atomic mass is 28.3. The molecule has 1 amide bonds. The van der Waals surface area contributed by atoms with Gasteiger partial charge < -0.3 is 24.8 Å². The van der Waals surface area contributed by atoms with E-state index < -0.39 is 37.7 Å². The molecule has 0 saturated carbocycles. The second-order valence-electron chi connectivity index (χ2n) is 11.0. The number of nitrogens with one attached hydrogen (secondary N) is 2. The molecule has 0 aliphatic carbocycles. The summed E-state index contributed by atoms with van der Waals surface area (Å²) in [6.07, 6.45) is 0.0806. The summed E-state index contributed by atoms with van der Waals surface area (Å²) in [6.45, 7) is 18.1. The molecule has 0 rings (SSSR count). The van der Waals surface area contributed by atoms with Crippen LogP contribution in [0.4, 0.5) is 4.79 Å². The van der Waals surface area contributed by atoms with Gasteiger partial charge >= 0.3 is 12.1 Å². The summed E-state index contributed by atoms with van der Waals surface area (Å²) in [5.41, 5.74) is -0.716. The summed E-state index contributed by atoms with van der Waals surface area (Å²) < 4.78 is 16.0. The van der Waals surface area contributed by atoms with Gasteiger partial charge in [0.2, 0.25) is 0 Å². The highest BCUT2D eigenvalue weighted by Gasteiger charge is 2.33. The zero-order valence-corrected chi connectivity index (χ0v) is 22.8. The molecular formula is C23H46N2O6Si. The molecule has 0 radical (unpaired) electrons. The normalized spacial score (nSPS) is 15.1. The molecule has 0 bridgehead atoms. The van der Waals surface area contributed by atoms with E-state index >= 15 is 0 Å². The number of likely N-dealkylation sites (N-methyl/N-ethyl adjacent to an activating group) is 1. The molecule has 0 unspecified atom stereocenters. The maximum absolute atomic E-state index is 12.8. The Morgan fingerprint density at radius 1 is 1.03 bits per heavy atom. The molecule has 188 valence electrons. The van der Waals surface area contributed by atoms with Crippen molar-refractivity contribution >= 4 is 25.9 Å². The zero-order valence-electron chi connectivity index (χ0n) is 21.8. The summed E-state index contributed by atoms with van der Waals surface area (Å²) in [7, 11) is 0.502. The fourth-order valence-electron chi connectivity index (χ4n) is 2.95. The summed E-state index contributed by atoms with van der Waals surface area (Å²) in [4.78, 5) is 37.9. The Bertz CT molecular complexity index is 598. The predicted molar refractivity (Wildman–Crippen MR) is 129 cm³/mol. The maximum Gasteiger partial charge on any atom is 0.408 e. The van der Waals surface area contributed by atoms with Crippen LogP contribution in [-0.4, -0.2) is 64.1 Å². The Morgan fingerprint density at radius 3 is 2.09 bits per heavy atom. The molecule has 0 spiro atoms. The third kappa shape index (κ3) is 14.6. The molecule has 0 saturated heterocycles. The standard InChI is InChI=1S/C23H46N2O6Si/c1-16(2)13-18(24-7)19(26)14-17(3)20(25-22(28)31-23(4,5)6)21(27)30-15-29-11-12-32(8,9)10/h16-18,20,24H,11-15H2,1-10H3,(H,25,28)/t17-,18-,20-/m0/s1. The molecule has 9 heteroatoms. The first-order chi connectivity index (χ1) is 14.6. The van der Waals surface area contributed by atoms with Crippen LogP contribution in [0.5, 0.6) is 0 Å². The summed E-state index contributed by atoms with van der Waals surface area (Å²) in [5, 5.41) is 5.63. The molecule has 0 aromatic rings. The van der Waals surface area contributed by atoms with E-state index in [9.17, 15) is 14.4 Å². The van der Waals surface area contributed by atoms with Gasteiger partial charge in [-0.05, 0) is 52.1 Å². The van der Waals surface area contributed by atoms with E-state index in [1.165, 1.54) is 0 Å². The number of ketones is 1. The lowest BCUT2D eigenvalue weighted by atomic mass is 9.90. The van der Waals surface area contributed by atoms with Crippen molar-refractivity contribution in [1.29, 1.82) is 0 Å². The van der Waals surface area contributed by atoms with Crippen molar-refractivity contribution in [3.63, 3.8) is 0 Å². The number of esters is 1. The number of amides is 1. The van der Waals surface area contributed by atoms with E-state index in [-0.39, 0.29) is 25.0 Å². The number of hydrogen-bond acceptors (Lipinski definition) is 7. The molecule has 0 aliphatic rings. The third-order valence-corrected chi connectivity index (χ3v) is 6.45. The number of carbonyl (C=O) groups excluding carboxylic acids is 3. The number of rotatable bonds is 14. The van der Waals surface area contributed by atoms with Crippen molar-refractivity contribution in [2.24, 2.45) is 11.8 Å². The highest BCUT2D eigenvalue weighted by Crippen LogP contribution is 2.17. The number of carbonyl (C=O) groups is 3. The maximum atomic E-state index is 12.8. The fourth-order valence-corrected chi connectivity index (χ4v) is 3.71. The highest BCUT2D eigenvalue weighted by molar-refractivity contribution is 6.76. The number of Topliss-reactive ketones (excluding diaryl/α,β-unsaturated/α-hetero) is 1. The van der Waals surface area contributed by atoms with Crippen LogP contribution in [0.25, 0.3) is 0 Å². The van der Waals surface area contributed by atoms with Crippen LogP contribution in [0.1, 0.15) is 54.4 Å². The van der Waals surface area contributed by atoms with Crippen LogP contribution in [0.15, 0.2) is 0 Å². The minimum atomic E-state index is -1.25. The summed E-state index contributed by atoms with van der Waals surface area (Å²) in [6, 6.07) is -0.373. The van der Waals surface area contributed by atoms with Crippen LogP contribution in [-0.2, 0) is 23.8 Å². The van der Waals surface area contributed by atoms with Crippen LogP contribution in [0.2, 0.25) is 25.7 Å². The molecule has 0 aliphatic heterocycles. The van der Waals surface area contributed by atoms with Gasteiger partial charge in [0.1, 0.15) is 17.4 Å². The second-order valence-corrected chi connectivity index (χ2v) is 16.7. The number of ether oxygens (including phenoxy) is 3. The van der Waals surface area contributed by atoms with Gasteiger partial charge in [-0.1, -0.05) is 40.4 Å². The molecule has 0 aromatic carbocycles. The first-order valence-corrected chi connectivity index (χ1v) is 15.2. The zero-order chi connectivity index (χ0) is 25.1. The Morgan fingerprint density at radius 2 is 1.62 bits per heavy atom. The second kappa shape index (κ2) is 13.9. The van der Waals surface area contributed by atoms with Gasteiger partial charge in [-0.2, -0.15) is 0 Å². The molecule has 2 N–H and O–H groups in total. The molecule has 8 nitrogen and oxygen atoms in total. The largest absolute Gasteiger partial charge is 0.444 e. The quantitative estimate of drug-likeness (QED) is 0.170. The minimum absolute atomic E-state index is 0.0103. The van der Waals surface area contributed by atoms with E-state index in [0.717, 1.165) is 6.04 Å². The predicted octanol–water partition coefficient (Wildman–Crippen LogP) is 3.96. The van der Waals surface area contributed by atoms with E-state index in [4.69, 9.17) is 14.2 Å². The van der Waals surface area contributed by atoms with Gasteiger partial charge in [0.05, 0.1) is 6.04 Å². The molecule has 32 heavy (non-hydrogen) atoms. The molecular weight excluding hydrogens is 428 g/mol. The average Bonchev–Trinajstić information content (AvgIpc) is 2.60. The number of alkyl carbamates (subject to hydrolysis) is 1. The molecule has 0 heterocycles. The van der Waals surface area contributed by atoms with Crippen molar-refractivity contribution in [1.82, 2.24) is 10.6 Å². The van der Waals surface area contributed by atoms with Crippen LogP contribution in [0.3, 0.4) is 0 Å². The first kappa shape index (κ1) is 30.5. The van der Waals surface area contributed by atoms with Crippen molar-refractivity contribution < 1.29 is 28.6 Å². The average molecular weight is 475 g/mol. The summed E-state index contributed by atoms with van der Waals surface area (Å²) in [5.74, 6) is -0.786. The van der Waals surface area contributed by atoms with Gasteiger partial charge in [-0.25, -0.2) is 9.59 Å². The number of hydrogen-bond donors (Lipinski definition) is 2. The van der Waals surface area contributed by atoms with E-state index in [1.54, 1.807) is 34.7 Å². The van der Waals surface area contributed by atoms with Gasteiger partial charge in [0, 0.05) is 21.1 Å². The van der Waals surface area contributed by atoms with Gasteiger partial charge in [0.15, 0.2) is 6.79 Å². The van der Waals surface area contributed by atoms with Crippen molar-refractivity contribution in [2.75, 3.05) is 20.4 Å². The van der Waals surface area contributed by atoms with Gasteiger partial charge in [0.25, 0.3) is 0 Å². The fraction of sp³-hybridized carbons (Fsp3) is 0.870. The third-order valence-electron chi connectivity index (χ3n) is 4.74. The minimum Gasteiger partial charge on any atom is -0.444 e. The van der Waals surface area contributed by atoms with Crippen molar-refractivity contribution in [2.45, 2.75) is 97.8 Å². The van der Waals surface area contributed by atoms with Crippen molar-refractivity contribution in [3.05, 3.63) is 0 Å². The van der Waals surface area contributed by atoms with E-state index in [1.807, 2.05) is 13.8 Å². The Balaban J connectivity index is 5.13. The molecule has 0 fully saturated rings. The smallest absolute Gasteiger partial charge is 0.408 e. The lowest BCUT2D eigenvalue weighted by Crippen LogP contribution is -2.49. The van der Waals surface area contributed by atoms with E-state index in [2.05, 4.69) is 30.3 Å².